The molecule has 0 saturated heterocycles. The first-order valence-electron chi connectivity index (χ1n) is 3.56. The molecule has 0 bridgehead atoms. The quantitative estimate of drug-likeness (QED) is 0.340. The normalized spacial score (nSPS) is 13.2. The van der Waals surface area contributed by atoms with Crippen LogP contribution in [0.5, 0.6) is 0 Å². The van der Waals surface area contributed by atoms with Gasteiger partial charge < -0.3 is 9.59 Å². The molecule has 0 radical (unpaired) electrons. The molecule has 62 valence electrons. The van der Waals surface area contributed by atoms with Crippen molar-refractivity contribution in [3.05, 3.63) is 35.5 Å². The fraction of sp³-hybridized carbons (Fsp3) is 0. The molecule has 0 N–H and O–H groups in total. The molecule has 0 unspecified atom stereocenters. The Bertz CT molecular complexity index is 415. The number of fused-ring (bicyclic) bond motifs is 1. The van der Waals surface area contributed by atoms with Crippen LogP contribution in [-0.4, -0.2) is 16.6 Å². The van der Waals surface area contributed by atoms with Gasteiger partial charge in [-0.05, 0) is 6.20 Å². The molecule has 5 heteroatoms. The van der Waals surface area contributed by atoms with Crippen LogP contribution < -0.4 is 29.6 Å². The van der Waals surface area contributed by atoms with E-state index >= 15 is 0 Å². The zero-order chi connectivity index (χ0) is 9.42. The predicted molar refractivity (Wildman–Crippen MR) is 41.8 cm³/mol. The Hall–Kier alpha value is -1.15. The van der Waals surface area contributed by atoms with Crippen LogP contribution in [0.25, 0.3) is 0 Å². The van der Waals surface area contributed by atoms with Gasteiger partial charge in [-0.25, -0.2) is 5.26 Å². The minimum atomic E-state index is -0.518. The molecule has 1 aliphatic carbocycles. The number of nitriles is 1. The number of pyridine rings is 1. The standard InChI is InChI=1S/C9H3N2O2.Na/c10-3-6-8(12)5-1-2-11-4-7(5)9(6)13;/h1-2,4H;/q-1;+1. The van der Waals surface area contributed by atoms with Crippen molar-refractivity contribution in [2.24, 2.45) is 0 Å². The number of carbonyl (C=O) groups is 2. The first-order valence-corrected chi connectivity index (χ1v) is 3.56. The average molecular weight is 194 g/mol. The second-order valence-electron chi connectivity index (χ2n) is 2.57. The van der Waals surface area contributed by atoms with Crippen LogP contribution in [0, 0.1) is 17.2 Å². The minimum Gasteiger partial charge on any atom is -0.318 e. The summed E-state index contributed by atoms with van der Waals surface area (Å²) in [5, 5.41) is 8.53. The Balaban J connectivity index is 0.000000980. The Kier molecular flexibility index (Phi) is 3.06. The summed E-state index contributed by atoms with van der Waals surface area (Å²) in [6.07, 6.45) is 2.73. The number of hydrogen-bond donors (Lipinski definition) is 0. The maximum atomic E-state index is 11.3. The topological polar surface area (TPSA) is 70.8 Å². The molecular formula is C9H3N2NaO2. The molecule has 1 aromatic rings. The second-order valence-corrected chi connectivity index (χ2v) is 2.57. The summed E-state index contributed by atoms with van der Waals surface area (Å²) in [5.41, 5.74) is 0.501. The van der Waals surface area contributed by atoms with Crippen LogP contribution >= 0.6 is 0 Å². The summed E-state index contributed by atoms with van der Waals surface area (Å²) in [5.74, 6) is -1.33. The number of carbonyl (C=O) groups excluding carboxylic acids is 2. The third-order valence-corrected chi connectivity index (χ3v) is 1.88. The maximum absolute atomic E-state index is 11.3. The Morgan fingerprint density at radius 2 is 1.93 bits per heavy atom. The summed E-state index contributed by atoms with van der Waals surface area (Å²) in [7, 11) is 0. The number of hydrogen-bond acceptors (Lipinski definition) is 4. The summed E-state index contributed by atoms with van der Waals surface area (Å²) in [4.78, 5) is 26.4. The zero-order valence-corrected chi connectivity index (χ0v) is 9.44. The summed E-state index contributed by atoms with van der Waals surface area (Å²) >= 11 is 0. The molecule has 1 aliphatic rings. The van der Waals surface area contributed by atoms with Crippen molar-refractivity contribution >= 4 is 11.6 Å². The van der Waals surface area contributed by atoms with Gasteiger partial charge in [0.05, 0.1) is 11.6 Å². The van der Waals surface area contributed by atoms with Crippen LogP contribution in [-0.2, 0) is 0 Å². The van der Waals surface area contributed by atoms with Gasteiger partial charge in [-0.1, -0.05) is 6.07 Å². The maximum Gasteiger partial charge on any atom is 1.00 e. The van der Waals surface area contributed by atoms with Gasteiger partial charge in [0.15, 0.2) is 0 Å². The summed E-state index contributed by atoms with van der Waals surface area (Å²) in [6, 6.07) is 3.04. The van der Waals surface area contributed by atoms with E-state index in [1.807, 2.05) is 0 Å². The minimum absolute atomic E-state index is 0. The Labute approximate surface area is 102 Å². The first-order chi connectivity index (χ1) is 6.25. The van der Waals surface area contributed by atoms with E-state index in [1.165, 1.54) is 18.5 Å². The molecule has 0 amide bonds. The zero-order valence-electron chi connectivity index (χ0n) is 7.44. The van der Waals surface area contributed by atoms with E-state index in [0.29, 0.717) is 0 Å². The number of nitrogens with zero attached hydrogens (tertiary/aromatic N) is 2. The van der Waals surface area contributed by atoms with E-state index in [-0.39, 0.29) is 46.6 Å². The van der Waals surface area contributed by atoms with Crippen LogP contribution in [0.15, 0.2) is 18.5 Å². The molecule has 1 heterocycles. The van der Waals surface area contributed by atoms with Gasteiger partial charge in [-0.3, -0.25) is 4.98 Å². The number of Topliss-reactive ketones (excluding diaryl/α,β-unsaturated/α-hetero) is 2. The second kappa shape index (κ2) is 3.93. The molecule has 14 heavy (non-hydrogen) atoms. The molecule has 4 nitrogen and oxygen atoms in total. The van der Waals surface area contributed by atoms with Crippen LogP contribution in [0.1, 0.15) is 20.7 Å². The van der Waals surface area contributed by atoms with Gasteiger partial charge in [-0.15, -0.1) is 11.1 Å². The third kappa shape index (κ3) is 1.36. The van der Waals surface area contributed by atoms with E-state index < -0.39 is 11.6 Å². The summed E-state index contributed by atoms with van der Waals surface area (Å²) in [6.45, 7) is 0. The van der Waals surface area contributed by atoms with Gasteiger partial charge in [-0.2, -0.15) is 0 Å². The van der Waals surface area contributed by atoms with E-state index in [1.54, 1.807) is 6.07 Å². The van der Waals surface area contributed by atoms with Crippen molar-refractivity contribution in [2.75, 3.05) is 0 Å². The molecule has 0 spiro atoms. The molecule has 0 aromatic carbocycles. The van der Waals surface area contributed by atoms with Crippen LogP contribution in [0.2, 0.25) is 0 Å². The molecule has 2 rings (SSSR count). The van der Waals surface area contributed by atoms with Gasteiger partial charge in [0.25, 0.3) is 0 Å². The predicted octanol–water partition coefficient (Wildman–Crippen LogP) is -2.44. The van der Waals surface area contributed by atoms with Crippen LogP contribution in [0.3, 0.4) is 0 Å². The molecular weight excluding hydrogens is 191 g/mol. The van der Waals surface area contributed by atoms with Crippen molar-refractivity contribution in [3.63, 3.8) is 0 Å². The Morgan fingerprint density at radius 1 is 1.29 bits per heavy atom. The number of aromatic nitrogens is 1. The van der Waals surface area contributed by atoms with Gasteiger partial charge in [0.1, 0.15) is 0 Å². The molecule has 1 aromatic heterocycles. The van der Waals surface area contributed by atoms with E-state index in [2.05, 4.69) is 4.98 Å². The average Bonchev–Trinajstić information content (AvgIpc) is 2.41. The van der Waals surface area contributed by atoms with E-state index in [4.69, 9.17) is 5.26 Å². The number of rotatable bonds is 0. The molecule has 0 atom stereocenters. The van der Waals surface area contributed by atoms with Crippen molar-refractivity contribution < 1.29 is 39.1 Å². The summed E-state index contributed by atoms with van der Waals surface area (Å²) < 4.78 is 0. The van der Waals surface area contributed by atoms with Crippen molar-refractivity contribution in [1.82, 2.24) is 4.98 Å². The largest absolute Gasteiger partial charge is 1.00 e. The Morgan fingerprint density at radius 3 is 2.50 bits per heavy atom. The monoisotopic (exact) mass is 194 g/mol. The SMILES string of the molecule is N#C[C-]1C(=O)c2ccncc2C1=O.[Na+]. The fourth-order valence-corrected chi connectivity index (χ4v) is 1.25. The third-order valence-electron chi connectivity index (χ3n) is 1.88. The van der Waals surface area contributed by atoms with E-state index in [9.17, 15) is 9.59 Å². The van der Waals surface area contributed by atoms with Crippen molar-refractivity contribution in [3.8, 4) is 6.07 Å². The molecule has 0 aliphatic heterocycles. The van der Waals surface area contributed by atoms with E-state index in [0.717, 1.165) is 0 Å². The fourth-order valence-electron chi connectivity index (χ4n) is 1.25. The molecule has 0 fully saturated rings. The number of ketones is 2. The van der Waals surface area contributed by atoms with Gasteiger partial charge in [0.2, 0.25) is 0 Å². The van der Waals surface area contributed by atoms with Crippen LogP contribution in [0.4, 0.5) is 0 Å². The van der Waals surface area contributed by atoms with Gasteiger partial charge >= 0.3 is 29.6 Å². The smallest absolute Gasteiger partial charge is 0.318 e. The van der Waals surface area contributed by atoms with Gasteiger partial charge in [0, 0.05) is 18.2 Å². The molecule has 0 saturated carbocycles. The van der Waals surface area contributed by atoms with Crippen molar-refractivity contribution in [2.45, 2.75) is 0 Å². The first kappa shape index (κ1) is 10.9. The van der Waals surface area contributed by atoms with Crippen molar-refractivity contribution in [1.29, 1.82) is 5.26 Å².